The first-order chi connectivity index (χ1) is 6.63. The van der Waals surface area contributed by atoms with Gasteiger partial charge in [0.2, 0.25) is 0 Å². The molecule has 78 valence electrons. The standard InChI is InChI=1S/C10H15BrN2S/c1-7(6-14-2)13-10-4-3-8(12)5-9(10)11/h3-5,7,13H,6,12H2,1-2H3. The van der Waals surface area contributed by atoms with Crippen molar-refractivity contribution in [1.29, 1.82) is 0 Å². The van der Waals surface area contributed by atoms with Crippen LogP contribution in [0.15, 0.2) is 22.7 Å². The molecule has 0 aliphatic carbocycles. The van der Waals surface area contributed by atoms with Gasteiger partial charge in [-0.15, -0.1) is 0 Å². The fourth-order valence-corrected chi connectivity index (χ4v) is 2.30. The first-order valence-electron chi connectivity index (χ1n) is 4.44. The molecule has 1 unspecified atom stereocenters. The predicted molar refractivity (Wildman–Crippen MR) is 70.0 cm³/mol. The number of nitrogens with two attached hydrogens (primary N) is 1. The molecule has 1 atom stereocenters. The summed E-state index contributed by atoms with van der Waals surface area (Å²) in [5, 5.41) is 3.42. The van der Waals surface area contributed by atoms with E-state index in [9.17, 15) is 0 Å². The van der Waals surface area contributed by atoms with Crippen molar-refractivity contribution in [3.8, 4) is 0 Å². The Bertz CT molecular complexity index is 304. The molecule has 0 bridgehead atoms. The van der Waals surface area contributed by atoms with Crippen LogP contribution in [0.5, 0.6) is 0 Å². The summed E-state index contributed by atoms with van der Waals surface area (Å²) in [6.45, 7) is 2.17. The highest BCUT2D eigenvalue weighted by Crippen LogP contribution is 2.25. The Labute approximate surface area is 97.8 Å². The zero-order chi connectivity index (χ0) is 10.6. The summed E-state index contributed by atoms with van der Waals surface area (Å²) in [6, 6.07) is 6.27. The van der Waals surface area contributed by atoms with Gasteiger partial charge in [0.05, 0.1) is 0 Å². The molecule has 1 aromatic rings. The van der Waals surface area contributed by atoms with Gasteiger partial charge < -0.3 is 11.1 Å². The van der Waals surface area contributed by atoms with Crippen molar-refractivity contribution in [1.82, 2.24) is 0 Å². The van der Waals surface area contributed by atoms with Crippen molar-refractivity contribution < 1.29 is 0 Å². The summed E-state index contributed by atoms with van der Waals surface area (Å²) in [6.07, 6.45) is 2.11. The van der Waals surface area contributed by atoms with E-state index in [0.29, 0.717) is 6.04 Å². The molecule has 0 saturated carbocycles. The van der Waals surface area contributed by atoms with Gasteiger partial charge in [0.25, 0.3) is 0 Å². The van der Waals surface area contributed by atoms with E-state index >= 15 is 0 Å². The second-order valence-electron chi connectivity index (χ2n) is 3.24. The number of rotatable bonds is 4. The molecule has 0 fully saturated rings. The number of benzene rings is 1. The smallest absolute Gasteiger partial charge is 0.0488 e. The molecule has 3 N–H and O–H groups in total. The monoisotopic (exact) mass is 274 g/mol. The Balaban J connectivity index is 2.67. The first-order valence-corrected chi connectivity index (χ1v) is 6.62. The van der Waals surface area contributed by atoms with Crippen molar-refractivity contribution in [3.05, 3.63) is 22.7 Å². The largest absolute Gasteiger partial charge is 0.399 e. The maximum Gasteiger partial charge on any atom is 0.0488 e. The van der Waals surface area contributed by atoms with Crippen LogP contribution in [-0.2, 0) is 0 Å². The van der Waals surface area contributed by atoms with Crippen LogP contribution in [0.4, 0.5) is 11.4 Å². The zero-order valence-corrected chi connectivity index (χ0v) is 10.8. The molecular weight excluding hydrogens is 260 g/mol. The third kappa shape index (κ3) is 3.42. The summed E-state index contributed by atoms with van der Waals surface area (Å²) < 4.78 is 1.02. The van der Waals surface area contributed by atoms with E-state index in [2.05, 4.69) is 34.4 Å². The number of hydrogen-bond acceptors (Lipinski definition) is 3. The number of hydrogen-bond donors (Lipinski definition) is 2. The van der Waals surface area contributed by atoms with Gasteiger partial charge in [-0.3, -0.25) is 0 Å². The lowest BCUT2D eigenvalue weighted by Crippen LogP contribution is -2.17. The van der Waals surface area contributed by atoms with Crippen molar-refractivity contribution in [2.75, 3.05) is 23.1 Å². The van der Waals surface area contributed by atoms with E-state index in [0.717, 1.165) is 21.6 Å². The minimum atomic E-state index is 0.463. The van der Waals surface area contributed by atoms with Crippen LogP contribution in [-0.4, -0.2) is 18.1 Å². The third-order valence-electron chi connectivity index (χ3n) is 1.81. The lowest BCUT2D eigenvalue weighted by Gasteiger charge is -2.15. The fraction of sp³-hybridized carbons (Fsp3) is 0.400. The lowest BCUT2D eigenvalue weighted by atomic mass is 10.2. The highest BCUT2D eigenvalue weighted by molar-refractivity contribution is 9.10. The van der Waals surface area contributed by atoms with Crippen LogP contribution in [0.2, 0.25) is 0 Å². The Morgan fingerprint density at radius 3 is 2.86 bits per heavy atom. The second kappa shape index (κ2) is 5.51. The van der Waals surface area contributed by atoms with Gasteiger partial charge >= 0.3 is 0 Å². The molecular formula is C10H15BrN2S. The maximum absolute atomic E-state index is 5.66. The Kier molecular flexibility index (Phi) is 4.62. The van der Waals surface area contributed by atoms with E-state index in [1.807, 2.05) is 30.0 Å². The van der Waals surface area contributed by atoms with Gasteiger partial charge in [-0.05, 0) is 47.3 Å². The Hall–Kier alpha value is -0.350. The second-order valence-corrected chi connectivity index (χ2v) is 5.01. The quantitative estimate of drug-likeness (QED) is 0.829. The molecule has 0 aliphatic rings. The number of halogens is 1. The van der Waals surface area contributed by atoms with Crippen LogP contribution in [0.25, 0.3) is 0 Å². The predicted octanol–water partition coefficient (Wildman–Crippen LogP) is 3.19. The van der Waals surface area contributed by atoms with E-state index in [1.165, 1.54) is 0 Å². The molecule has 0 spiro atoms. The van der Waals surface area contributed by atoms with E-state index < -0.39 is 0 Å². The van der Waals surface area contributed by atoms with Crippen molar-refractivity contribution in [2.24, 2.45) is 0 Å². The van der Waals surface area contributed by atoms with Gasteiger partial charge in [0, 0.05) is 27.6 Å². The van der Waals surface area contributed by atoms with Gasteiger partial charge in [0.1, 0.15) is 0 Å². The first kappa shape index (κ1) is 11.7. The molecule has 14 heavy (non-hydrogen) atoms. The molecule has 0 heterocycles. The van der Waals surface area contributed by atoms with Crippen LogP contribution in [0.1, 0.15) is 6.92 Å². The minimum absolute atomic E-state index is 0.463. The molecule has 1 aromatic carbocycles. The van der Waals surface area contributed by atoms with Crippen molar-refractivity contribution in [3.63, 3.8) is 0 Å². The molecule has 2 nitrogen and oxygen atoms in total. The summed E-state index contributed by atoms with van der Waals surface area (Å²) in [5.74, 6) is 1.09. The SMILES string of the molecule is CSCC(C)Nc1ccc(N)cc1Br. The highest BCUT2D eigenvalue weighted by Gasteiger charge is 2.04. The van der Waals surface area contributed by atoms with Crippen molar-refractivity contribution >= 4 is 39.1 Å². The van der Waals surface area contributed by atoms with Gasteiger partial charge in [-0.1, -0.05) is 0 Å². The van der Waals surface area contributed by atoms with Gasteiger partial charge in [-0.25, -0.2) is 0 Å². The zero-order valence-electron chi connectivity index (χ0n) is 8.38. The normalized spacial score (nSPS) is 12.5. The van der Waals surface area contributed by atoms with Gasteiger partial charge in [0.15, 0.2) is 0 Å². The lowest BCUT2D eigenvalue weighted by molar-refractivity contribution is 0.913. The third-order valence-corrected chi connectivity index (χ3v) is 3.30. The fourth-order valence-electron chi connectivity index (χ4n) is 1.21. The van der Waals surface area contributed by atoms with Crippen LogP contribution < -0.4 is 11.1 Å². The maximum atomic E-state index is 5.66. The summed E-state index contributed by atoms with van der Waals surface area (Å²) in [7, 11) is 0. The molecule has 0 saturated heterocycles. The average Bonchev–Trinajstić information content (AvgIpc) is 2.10. The summed E-state index contributed by atoms with van der Waals surface area (Å²) in [5.41, 5.74) is 7.53. The van der Waals surface area contributed by atoms with Gasteiger partial charge in [-0.2, -0.15) is 11.8 Å². The number of anilines is 2. The van der Waals surface area contributed by atoms with Crippen LogP contribution in [0, 0.1) is 0 Å². The van der Waals surface area contributed by atoms with Crippen LogP contribution in [0.3, 0.4) is 0 Å². The summed E-state index contributed by atoms with van der Waals surface area (Å²) in [4.78, 5) is 0. The molecule has 4 heteroatoms. The number of nitrogen functional groups attached to an aromatic ring is 1. The molecule has 0 radical (unpaired) electrons. The number of thioether (sulfide) groups is 1. The molecule has 1 rings (SSSR count). The number of nitrogens with one attached hydrogen (secondary N) is 1. The Morgan fingerprint density at radius 1 is 1.57 bits per heavy atom. The Morgan fingerprint density at radius 2 is 2.29 bits per heavy atom. The minimum Gasteiger partial charge on any atom is -0.399 e. The molecule has 0 aliphatic heterocycles. The topological polar surface area (TPSA) is 38.0 Å². The van der Waals surface area contributed by atoms with E-state index in [1.54, 1.807) is 0 Å². The molecule has 0 aromatic heterocycles. The van der Waals surface area contributed by atoms with Crippen molar-refractivity contribution in [2.45, 2.75) is 13.0 Å². The summed E-state index contributed by atoms with van der Waals surface area (Å²) >= 11 is 5.31. The van der Waals surface area contributed by atoms with E-state index in [-0.39, 0.29) is 0 Å². The van der Waals surface area contributed by atoms with E-state index in [4.69, 9.17) is 5.73 Å². The van der Waals surface area contributed by atoms with Crippen LogP contribution >= 0.6 is 27.7 Å². The molecule has 0 amide bonds. The average molecular weight is 275 g/mol. The highest BCUT2D eigenvalue weighted by atomic mass is 79.9.